The van der Waals surface area contributed by atoms with Gasteiger partial charge in [-0.15, -0.1) is 0 Å². The van der Waals surface area contributed by atoms with Crippen LogP contribution in [0.5, 0.6) is 5.75 Å². The predicted octanol–water partition coefficient (Wildman–Crippen LogP) is 4.41. The minimum Gasteiger partial charge on any atom is -0.486 e. The van der Waals surface area contributed by atoms with Crippen molar-refractivity contribution in [2.45, 2.75) is 46.2 Å². The van der Waals surface area contributed by atoms with Crippen molar-refractivity contribution in [2.75, 3.05) is 42.6 Å². The van der Waals surface area contributed by atoms with E-state index in [0.717, 1.165) is 24.7 Å². The molecule has 0 radical (unpaired) electrons. The van der Waals surface area contributed by atoms with Gasteiger partial charge in [-0.1, -0.05) is 25.1 Å². The number of rotatable bonds is 8. The third-order valence-electron chi connectivity index (χ3n) is 7.49. The molecule has 1 aromatic heterocycles. The molecule has 0 saturated carbocycles. The summed E-state index contributed by atoms with van der Waals surface area (Å²) in [5.74, 6) is -0.167. The van der Waals surface area contributed by atoms with Crippen molar-refractivity contribution in [1.29, 1.82) is 0 Å². The highest BCUT2D eigenvalue weighted by Crippen LogP contribution is 2.39. The van der Waals surface area contributed by atoms with E-state index in [1.807, 2.05) is 24.8 Å². The summed E-state index contributed by atoms with van der Waals surface area (Å²) in [6.45, 7) is 8.80. The maximum Gasteiger partial charge on any atom is 0.178 e. The smallest absolute Gasteiger partial charge is 0.178 e. The molecule has 0 unspecified atom stereocenters. The van der Waals surface area contributed by atoms with Crippen LogP contribution in [-0.2, 0) is 29.2 Å². The van der Waals surface area contributed by atoms with Gasteiger partial charge in [0.2, 0.25) is 0 Å². The van der Waals surface area contributed by atoms with Gasteiger partial charge in [0.25, 0.3) is 0 Å². The standard InChI is InChI=1S/C29H34F2N4O3S/c1-4-39(36,37)12-10-34-8-7-21-13-20(5-6-22(21)18-34)14-27-32-17-25(31)28(33-27)23-15-24(30)29-26(16-23)35(19(2)3)9-11-38-29/h5-6,13,15-17,19H,4,7-12,14,18H2,1-3H3. The van der Waals surface area contributed by atoms with Crippen molar-refractivity contribution < 1.29 is 21.9 Å². The molecule has 2 aliphatic heterocycles. The first kappa shape index (κ1) is 27.5. The van der Waals surface area contributed by atoms with Crippen LogP contribution < -0.4 is 9.64 Å². The van der Waals surface area contributed by atoms with Crippen LogP contribution in [0.1, 0.15) is 43.3 Å². The molecule has 0 spiro atoms. The summed E-state index contributed by atoms with van der Waals surface area (Å²) in [7, 11) is -2.99. The molecule has 3 aromatic rings. The molecule has 0 aliphatic carbocycles. The number of anilines is 1. The zero-order chi connectivity index (χ0) is 27.7. The van der Waals surface area contributed by atoms with Crippen LogP contribution in [0.25, 0.3) is 11.3 Å². The molecule has 0 N–H and O–H groups in total. The van der Waals surface area contributed by atoms with Crippen molar-refractivity contribution in [2.24, 2.45) is 0 Å². The second-order valence-corrected chi connectivity index (χ2v) is 12.9. The lowest BCUT2D eigenvalue weighted by atomic mass is 9.96. The number of fused-ring (bicyclic) bond motifs is 2. The largest absolute Gasteiger partial charge is 0.486 e. The number of hydrogen-bond donors (Lipinski definition) is 0. The fraction of sp³-hybridized carbons (Fsp3) is 0.448. The van der Waals surface area contributed by atoms with Crippen LogP contribution in [0.3, 0.4) is 0 Å². The van der Waals surface area contributed by atoms with E-state index in [-0.39, 0.29) is 29.0 Å². The maximum atomic E-state index is 15.0. The number of nitrogens with zero attached hydrogens (tertiary/aromatic N) is 4. The normalized spacial score (nSPS) is 15.7. The molecule has 0 saturated heterocycles. The fourth-order valence-electron chi connectivity index (χ4n) is 5.23. The van der Waals surface area contributed by atoms with Crippen LogP contribution in [-0.4, -0.2) is 67.1 Å². The fourth-order valence-corrected chi connectivity index (χ4v) is 6.05. The Balaban J connectivity index is 1.35. The molecule has 3 heterocycles. The number of benzene rings is 2. The van der Waals surface area contributed by atoms with Gasteiger partial charge in [0, 0.05) is 43.4 Å². The van der Waals surface area contributed by atoms with Gasteiger partial charge < -0.3 is 9.64 Å². The average Bonchev–Trinajstić information content (AvgIpc) is 2.92. The molecule has 10 heteroatoms. The molecule has 39 heavy (non-hydrogen) atoms. The summed E-state index contributed by atoms with van der Waals surface area (Å²) in [5, 5.41) is 0. The Labute approximate surface area is 228 Å². The zero-order valence-corrected chi connectivity index (χ0v) is 23.4. The highest BCUT2D eigenvalue weighted by Gasteiger charge is 2.26. The van der Waals surface area contributed by atoms with Crippen LogP contribution in [0.15, 0.2) is 36.5 Å². The number of aromatic nitrogens is 2. The Morgan fingerprint density at radius 1 is 1.08 bits per heavy atom. The minimum absolute atomic E-state index is 0.0617. The highest BCUT2D eigenvalue weighted by atomic mass is 32.2. The summed E-state index contributed by atoms with van der Waals surface area (Å²) >= 11 is 0. The first-order valence-corrected chi connectivity index (χ1v) is 15.2. The topological polar surface area (TPSA) is 75.6 Å². The van der Waals surface area contributed by atoms with Crippen molar-refractivity contribution in [1.82, 2.24) is 14.9 Å². The SMILES string of the molecule is CCS(=O)(=O)CCN1CCc2cc(Cc3ncc(F)c(-c4cc(F)c5c(c4)N(C(C)C)CCO5)n3)ccc2C1. The van der Waals surface area contributed by atoms with E-state index >= 15 is 0 Å². The van der Waals surface area contributed by atoms with E-state index in [2.05, 4.69) is 27.0 Å². The molecular formula is C29H34F2N4O3S. The summed E-state index contributed by atoms with van der Waals surface area (Å²) < 4.78 is 59.2. The third-order valence-corrected chi connectivity index (χ3v) is 9.17. The van der Waals surface area contributed by atoms with E-state index in [0.29, 0.717) is 49.7 Å². The second-order valence-electron chi connectivity index (χ2n) is 10.5. The Bertz CT molecular complexity index is 1480. The molecule has 5 rings (SSSR count). The highest BCUT2D eigenvalue weighted by molar-refractivity contribution is 7.91. The van der Waals surface area contributed by atoms with Gasteiger partial charge in [-0.25, -0.2) is 27.2 Å². The predicted molar refractivity (Wildman–Crippen MR) is 148 cm³/mol. The van der Waals surface area contributed by atoms with Gasteiger partial charge in [0.05, 0.1) is 24.2 Å². The van der Waals surface area contributed by atoms with Crippen LogP contribution in [0, 0.1) is 11.6 Å². The van der Waals surface area contributed by atoms with Gasteiger partial charge in [-0.3, -0.25) is 4.90 Å². The molecule has 0 atom stereocenters. The van der Waals surface area contributed by atoms with E-state index in [4.69, 9.17) is 4.74 Å². The number of halogens is 2. The Hall–Kier alpha value is -3.11. The first-order valence-electron chi connectivity index (χ1n) is 13.4. The van der Waals surface area contributed by atoms with Gasteiger partial charge in [0.1, 0.15) is 18.1 Å². The van der Waals surface area contributed by atoms with Crippen molar-refractivity contribution in [3.05, 3.63) is 70.7 Å². The number of sulfone groups is 1. The second kappa shape index (κ2) is 11.2. The average molecular weight is 557 g/mol. The quantitative estimate of drug-likeness (QED) is 0.407. The maximum absolute atomic E-state index is 15.0. The summed E-state index contributed by atoms with van der Waals surface area (Å²) in [4.78, 5) is 12.9. The monoisotopic (exact) mass is 556 g/mol. The van der Waals surface area contributed by atoms with Gasteiger partial charge >= 0.3 is 0 Å². The minimum atomic E-state index is -2.99. The van der Waals surface area contributed by atoms with Crippen LogP contribution in [0.4, 0.5) is 14.5 Å². The molecule has 208 valence electrons. The summed E-state index contributed by atoms with van der Waals surface area (Å²) in [6, 6.07) is 9.34. The molecule has 2 aromatic carbocycles. The molecular weight excluding hydrogens is 522 g/mol. The van der Waals surface area contributed by atoms with Crippen molar-refractivity contribution in [3.63, 3.8) is 0 Å². The van der Waals surface area contributed by atoms with Gasteiger partial charge in [0.15, 0.2) is 27.2 Å². The number of hydrogen-bond acceptors (Lipinski definition) is 7. The summed E-state index contributed by atoms with van der Waals surface area (Å²) in [5.41, 5.74) is 4.41. The Morgan fingerprint density at radius 3 is 2.67 bits per heavy atom. The Kier molecular flexibility index (Phi) is 7.87. The van der Waals surface area contributed by atoms with Crippen molar-refractivity contribution >= 4 is 15.5 Å². The van der Waals surface area contributed by atoms with E-state index in [9.17, 15) is 17.2 Å². The number of ether oxygens (including phenoxy) is 1. The molecule has 0 bridgehead atoms. The summed E-state index contributed by atoms with van der Waals surface area (Å²) in [6.07, 6.45) is 2.38. The van der Waals surface area contributed by atoms with E-state index in [1.54, 1.807) is 13.0 Å². The zero-order valence-electron chi connectivity index (χ0n) is 22.6. The molecule has 7 nitrogen and oxygen atoms in total. The van der Waals surface area contributed by atoms with Gasteiger partial charge in [-0.2, -0.15) is 0 Å². The lowest BCUT2D eigenvalue weighted by molar-refractivity contribution is 0.269. The van der Waals surface area contributed by atoms with Crippen LogP contribution >= 0.6 is 0 Å². The van der Waals surface area contributed by atoms with E-state index in [1.165, 1.54) is 17.2 Å². The van der Waals surface area contributed by atoms with Crippen LogP contribution in [0.2, 0.25) is 0 Å². The van der Waals surface area contributed by atoms with E-state index < -0.39 is 21.5 Å². The molecule has 0 fully saturated rings. The Morgan fingerprint density at radius 2 is 1.90 bits per heavy atom. The van der Waals surface area contributed by atoms with Gasteiger partial charge in [-0.05, 0) is 49.1 Å². The first-order chi connectivity index (χ1) is 18.6. The lowest BCUT2D eigenvalue weighted by Gasteiger charge is -2.34. The lowest BCUT2D eigenvalue weighted by Crippen LogP contribution is -2.38. The van der Waals surface area contributed by atoms with Crippen molar-refractivity contribution in [3.8, 4) is 17.0 Å². The molecule has 2 aliphatic rings. The third kappa shape index (κ3) is 6.06. The molecule has 0 amide bonds.